The van der Waals surface area contributed by atoms with E-state index in [1.807, 2.05) is 0 Å². The van der Waals surface area contributed by atoms with Crippen molar-refractivity contribution in [3.05, 3.63) is 28.7 Å². The number of hydrogen-bond donors (Lipinski definition) is 2. The van der Waals surface area contributed by atoms with Gasteiger partial charge in [-0.3, -0.25) is 9.59 Å². The lowest BCUT2D eigenvalue weighted by Gasteiger charge is -2.33. The van der Waals surface area contributed by atoms with Gasteiger partial charge in [0.25, 0.3) is 0 Å². The lowest BCUT2D eigenvalue weighted by molar-refractivity contribution is -0.142. The normalized spacial score (nSPS) is 24.1. The van der Waals surface area contributed by atoms with Gasteiger partial charge in [-0.15, -0.1) is 11.6 Å². The number of nitrogens with one attached hydrogen (secondary N) is 2. The Morgan fingerprint density at radius 2 is 2.16 bits per heavy atom. The molecule has 1 aliphatic rings. The highest BCUT2D eigenvalue weighted by Gasteiger charge is 2.35. The van der Waals surface area contributed by atoms with E-state index in [0.29, 0.717) is 24.9 Å². The number of alkyl halides is 4. The van der Waals surface area contributed by atoms with E-state index in [9.17, 15) is 22.8 Å². The Bertz CT molecular complexity index is 636. The number of ether oxygens (including phenoxy) is 1. The van der Waals surface area contributed by atoms with Gasteiger partial charge < -0.3 is 15.0 Å². The molecule has 1 aromatic heterocycles. The smallest absolute Gasteiger partial charge is 0.377 e. The number of pyridine rings is 1. The lowest BCUT2D eigenvalue weighted by Crippen LogP contribution is -2.40. The van der Waals surface area contributed by atoms with E-state index in [4.69, 9.17) is 16.3 Å². The Morgan fingerprint density at radius 1 is 1.40 bits per heavy atom. The maximum absolute atomic E-state index is 12.5. The summed E-state index contributed by atoms with van der Waals surface area (Å²) in [7, 11) is 0. The van der Waals surface area contributed by atoms with Crippen LogP contribution < -0.4 is 10.9 Å². The Labute approximate surface area is 147 Å². The summed E-state index contributed by atoms with van der Waals surface area (Å²) in [6.45, 7) is -0.0808. The average Bonchev–Trinajstić information content (AvgIpc) is 2.50. The van der Waals surface area contributed by atoms with E-state index >= 15 is 0 Å². The molecular formula is C16H20ClF3N2O3. The third kappa shape index (κ3) is 6.70. The zero-order valence-corrected chi connectivity index (χ0v) is 14.2. The summed E-state index contributed by atoms with van der Waals surface area (Å²) in [5.74, 6) is -0.838. The average molecular weight is 381 g/mol. The number of amides is 1. The molecule has 0 spiro atoms. The molecule has 0 aliphatic heterocycles. The Balaban J connectivity index is 1.93. The minimum atomic E-state index is -4.22. The maximum Gasteiger partial charge on any atom is 0.389 e. The first kappa shape index (κ1) is 19.8. The second-order valence-electron chi connectivity index (χ2n) is 6.08. The predicted molar refractivity (Wildman–Crippen MR) is 87.7 cm³/mol. The van der Waals surface area contributed by atoms with E-state index in [-0.39, 0.29) is 29.9 Å². The van der Waals surface area contributed by atoms with Gasteiger partial charge in [0.15, 0.2) is 0 Å². The van der Waals surface area contributed by atoms with E-state index < -0.39 is 24.6 Å². The summed E-state index contributed by atoms with van der Waals surface area (Å²) in [6.07, 6.45) is -2.92. The van der Waals surface area contributed by atoms with Crippen LogP contribution in [0.15, 0.2) is 23.1 Å². The van der Waals surface area contributed by atoms with E-state index in [0.717, 1.165) is 0 Å². The number of carbonyl (C=O) groups excluding carboxylic acids is 1. The minimum Gasteiger partial charge on any atom is -0.377 e. The third-order valence-corrected chi connectivity index (χ3v) is 4.44. The lowest BCUT2D eigenvalue weighted by atomic mass is 9.85. The third-order valence-electron chi connectivity index (χ3n) is 4.04. The first-order valence-electron chi connectivity index (χ1n) is 8.06. The van der Waals surface area contributed by atoms with Gasteiger partial charge in [-0.05, 0) is 31.7 Å². The molecule has 1 aromatic rings. The van der Waals surface area contributed by atoms with Crippen LogP contribution in [0.4, 0.5) is 18.9 Å². The summed E-state index contributed by atoms with van der Waals surface area (Å²) < 4.78 is 42.1. The molecule has 9 heteroatoms. The molecule has 0 bridgehead atoms. The Hall–Kier alpha value is -1.54. The number of H-pyrrole nitrogens is 1. The molecule has 0 saturated heterocycles. The zero-order valence-electron chi connectivity index (χ0n) is 13.4. The number of anilines is 1. The summed E-state index contributed by atoms with van der Waals surface area (Å²) in [5.41, 5.74) is 0.0137. The number of carbonyl (C=O) groups is 1. The van der Waals surface area contributed by atoms with Crippen molar-refractivity contribution >= 4 is 23.2 Å². The van der Waals surface area contributed by atoms with Crippen LogP contribution in [-0.4, -0.2) is 35.2 Å². The number of rotatable bonds is 6. The van der Waals surface area contributed by atoms with Crippen LogP contribution in [0.3, 0.4) is 0 Å². The van der Waals surface area contributed by atoms with Crippen LogP contribution in [0.1, 0.15) is 32.1 Å². The SMILES string of the molecule is O=C(Nc1cc[nH]c(=O)c1)C1CCC(Cl)CC1OCCCC(F)(F)F. The quantitative estimate of drug-likeness (QED) is 0.586. The van der Waals surface area contributed by atoms with Gasteiger partial charge >= 0.3 is 6.18 Å². The molecule has 1 saturated carbocycles. The fourth-order valence-corrected chi connectivity index (χ4v) is 3.13. The van der Waals surface area contributed by atoms with Crippen molar-refractivity contribution in [3.63, 3.8) is 0 Å². The summed E-state index contributed by atoms with van der Waals surface area (Å²) >= 11 is 6.11. The minimum absolute atomic E-state index is 0.0808. The van der Waals surface area contributed by atoms with Crippen molar-refractivity contribution in [1.82, 2.24) is 4.98 Å². The highest BCUT2D eigenvalue weighted by molar-refractivity contribution is 6.20. The number of aromatic amines is 1. The van der Waals surface area contributed by atoms with Gasteiger partial charge in [-0.1, -0.05) is 0 Å². The van der Waals surface area contributed by atoms with Gasteiger partial charge in [0.05, 0.1) is 12.0 Å². The van der Waals surface area contributed by atoms with E-state index in [1.54, 1.807) is 6.07 Å². The number of aromatic nitrogens is 1. The van der Waals surface area contributed by atoms with Crippen molar-refractivity contribution < 1.29 is 22.7 Å². The Kier molecular flexibility index (Phi) is 6.89. The van der Waals surface area contributed by atoms with Gasteiger partial charge in [0.2, 0.25) is 11.5 Å². The summed E-state index contributed by atoms with van der Waals surface area (Å²) in [4.78, 5) is 26.2. The fourth-order valence-electron chi connectivity index (χ4n) is 2.83. The molecule has 2 N–H and O–H groups in total. The second-order valence-corrected chi connectivity index (χ2v) is 6.69. The van der Waals surface area contributed by atoms with Gasteiger partial charge in [0.1, 0.15) is 0 Å². The molecular weight excluding hydrogens is 361 g/mol. The fraction of sp³-hybridized carbons (Fsp3) is 0.625. The molecule has 2 rings (SSSR count). The summed E-state index contributed by atoms with van der Waals surface area (Å²) in [6, 6.07) is 2.80. The highest BCUT2D eigenvalue weighted by atomic mass is 35.5. The molecule has 5 nitrogen and oxygen atoms in total. The van der Waals surface area contributed by atoms with Gasteiger partial charge in [-0.2, -0.15) is 13.2 Å². The zero-order chi connectivity index (χ0) is 18.4. The highest BCUT2D eigenvalue weighted by Crippen LogP contribution is 2.31. The second kappa shape index (κ2) is 8.71. The van der Waals surface area contributed by atoms with Crippen LogP contribution >= 0.6 is 11.6 Å². The van der Waals surface area contributed by atoms with E-state index in [2.05, 4.69) is 10.3 Å². The van der Waals surface area contributed by atoms with Crippen LogP contribution in [-0.2, 0) is 9.53 Å². The number of halogens is 4. The maximum atomic E-state index is 12.5. The van der Waals surface area contributed by atoms with Crippen LogP contribution in [0, 0.1) is 5.92 Å². The molecule has 3 unspecified atom stereocenters. The number of hydrogen-bond acceptors (Lipinski definition) is 3. The molecule has 3 atom stereocenters. The van der Waals surface area contributed by atoms with Crippen LogP contribution in [0.25, 0.3) is 0 Å². The molecule has 25 heavy (non-hydrogen) atoms. The van der Waals surface area contributed by atoms with Crippen LogP contribution in [0.2, 0.25) is 0 Å². The topological polar surface area (TPSA) is 71.2 Å². The molecule has 140 valence electrons. The standard InChI is InChI=1S/C16H20ClF3N2O3/c17-10-2-3-12(13(8-10)25-7-1-5-16(18,19)20)15(24)22-11-4-6-21-14(23)9-11/h4,6,9-10,12-13H,1-3,5,7-8H2,(H2,21,22,23,24). The molecule has 1 aliphatic carbocycles. The molecule has 1 amide bonds. The molecule has 1 fully saturated rings. The first-order valence-corrected chi connectivity index (χ1v) is 8.50. The van der Waals surface area contributed by atoms with Crippen molar-refractivity contribution in [2.75, 3.05) is 11.9 Å². The van der Waals surface area contributed by atoms with Crippen LogP contribution in [0.5, 0.6) is 0 Å². The largest absolute Gasteiger partial charge is 0.389 e. The summed E-state index contributed by atoms with van der Waals surface area (Å²) in [5, 5.41) is 2.48. The molecule has 0 aromatic carbocycles. The van der Waals surface area contributed by atoms with Gasteiger partial charge in [0, 0.05) is 36.4 Å². The van der Waals surface area contributed by atoms with Crippen molar-refractivity contribution in [1.29, 1.82) is 0 Å². The van der Waals surface area contributed by atoms with Gasteiger partial charge in [-0.25, -0.2) is 0 Å². The van der Waals surface area contributed by atoms with Crippen molar-refractivity contribution in [3.8, 4) is 0 Å². The molecule has 1 heterocycles. The van der Waals surface area contributed by atoms with E-state index in [1.165, 1.54) is 12.3 Å². The first-order chi connectivity index (χ1) is 11.7. The predicted octanol–water partition coefficient (Wildman–Crippen LogP) is 3.45. The monoisotopic (exact) mass is 380 g/mol. The Morgan fingerprint density at radius 3 is 2.84 bits per heavy atom. The molecule has 0 radical (unpaired) electrons. The van der Waals surface area contributed by atoms with Crippen molar-refractivity contribution in [2.45, 2.75) is 49.8 Å². The van der Waals surface area contributed by atoms with Crippen molar-refractivity contribution in [2.24, 2.45) is 5.92 Å².